The lowest BCUT2D eigenvalue weighted by Gasteiger charge is -2.05. The van der Waals surface area contributed by atoms with E-state index in [1.54, 1.807) is 5.51 Å². The number of hydrogen-bond donors (Lipinski definition) is 1. The van der Waals surface area contributed by atoms with Gasteiger partial charge in [0.05, 0.1) is 0 Å². The van der Waals surface area contributed by atoms with Crippen LogP contribution in [0.3, 0.4) is 0 Å². The van der Waals surface area contributed by atoms with Crippen LogP contribution in [-0.2, 0) is 11.3 Å². The first kappa shape index (κ1) is 13.7. The molecule has 0 radical (unpaired) electrons. The number of benzene rings is 1. The fourth-order valence-electron chi connectivity index (χ4n) is 1.58. The summed E-state index contributed by atoms with van der Waals surface area (Å²) in [6, 6.07) is 7.56. The van der Waals surface area contributed by atoms with E-state index in [0.29, 0.717) is 0 Å². The molecule has 0 fully saturated rings. The van der Waals surface area contributed by atoms with Crippen molar-refractivity contribution in [2.75, 3.05) is 5.32 Å². The van der Waals surface area contributed by atoms with E-state index in [9.17, 15) is 4.79 Å². The molecule has 7 nitrogen and oxygen atoms in total. The molecule has 2 heterocycles. The van der Waals surface area contributed by atoms with Crippen molar-refractivity contribution in [1.82, 2.24) is 25.0 Å². The number of hydrogen-bond acceptors (Lipinski definition) is 7. The maximum atomic E-state index is 11.8. The van der Waals surface area contributed by atoms with Gasteiger partial charge in [-0.15, -0.1) is 10.2 Å². The summed E-state index contributed by atoms with van der Waals surface area (Å²) < 4.78 is 2.35. The molecule has 0 aliphatic heterocycles. The van der Waals surface area contributed by atoms with Crippen LogP contribution in [-0.4, -0.2) is 30.9 Å². The Bertz CT molecular complexity index is 696. The van der Waals surface area contributed by atoms with Crippen molar-refractivity contribution in [2.24, 2.45) is 0 Å². The van der Waals surface area contributed by atoms with Crippen molar-refractivity contribution < 1.29 is 4.79 Å². The number of nitrogens with zero attached hydrogens (tertiary/aromatic N) is 5. The lowest BCUT2D eigenvalue weighted by Crippen LogP contribution is -2.18. The van der Waals surface area contributed by atoms with Gasteiger partial charge in [0.15, 0.2) is 4.34 Å². The van der Waals surface area contributed by atoms with Crippen LogP contribution in [0.5, 0.6) is 0 Å². The van der Waals surface area contributed by atoms with Crippen molar-refractivity contribution in [3.63, 3.8) is 0 Å². The van der Waals surface area contributed by atoms with Crippen LogP contribution in [0.2, 0.25) is 0 Å². The topological polar surface area (TPSA) is 85.6 Å². The van der Waals surface area contributed by atoms with Crippen LogP contribution in [0.15, 0.2) is 51.7 Å². The van der Waals surface area contributed by atoms with Crippen LogP contribution in [0.25, 0.3) is 0 Å². The van der Waals surface area contributed by atoms with Gasteiger partial charge in [0.25, 0.3) is 0 Å². The van der Waals surface area contributed by atoms with Crippen LogP contribution in [0, 0.1) is 0 Å². The van der Waals surface area contributed by atoms with Gasteiger partial charge >= 0.3 is 0 Å². The highest BCUT2D eigenvalue weighted by Crippen LogP contribution is 2.29. The van der Waals surface area contributed by atoms with Crippen molar-refractivity contribution in [3.8, 4) is 0 Å². The largest absolute Gasteiger partial charge is 0.324 e. The fourth-order valence-corrected chi connectivity index (χ4v) is 3.03. The smallest absolute Gasteiger partial charge is 0.246 e. The van der Waals surface area contributed by atoms with Gasteiger partial charge in [-0.2, -0.15) is 5.10 Å². The quantitative estimate of drug-likeness (QED) is 0.773. The summed E-state index contributed by atoms with van der Waals surface area (Å²) in [6.07, 6.45) is 2.90. The first-order chi connectivity index (χ1) is 10.3. The summed E-state index contributed by atoms with van der Waals surface area (Å²) in [5.74, 6) is -0.148. The van der Waals surface area contributed by atoms with Crippen LogP contribution >= 0.6 is 23.1 Å². The summed E-state index contributed by atoms with van der Waals surface area (Å²) in [5, 5.41) is 14.4. The van der Waals surface area contributed by atoms with E-state index in [1.807, 2.05) is 24.3 Å². The molecule has 1 aromatic carbocycles. The third kappa shape index (κ3) is 3.86. The van der Waals surface area contributed by atoms with Gasteiger partial charge in [0.1, 0.15) is 24.7 Å². The average Bonchev–Trinajstić information content (AvgIpc) is 3.14. The van der Waals surface area contributed by atoms with Gasteiger partial charge in [-0.3, -0.25) is 4.79 Å². The number of amides is 1. The van der Waals surface area contributed by atoms with Crippen molar-refractivity contribution in [2.45, 2.75) is 15.8 Å². The molecule has 1 N–H and O–H groups in total. The van der Waals surface area contributed by atoms with Gasteiger partial charge in [0.2, 0.25) is 5.91 Å². The average molecular weight is 318 g/mol. The lowest BCUT2D eigenvalue weighted by atomic mass is 10.3. The molecule has 106 valence electrons. The molecule has 3 aromatic rings. The number of rotatable bonds is 5. The van der Waals surface area contributed by atoms with E-state index >= 15 is 0 Å². The minimum atomic E-state index is -0.148. The van der Waals surface area contributed by atoms with Crippen LogP contribution in [0.4, 0.5) is 5.69 Å². The Kier molecular flexibility index (Phi) is 4.22. The predicted molar refractivity (Wildman–Crippen MR) is 79.1 cm³/mol. The molecule has 0 aliphatic rings. The third-order valence-electron chi connectivity index (χ3n) is 2.46. The number of nitrogens with one attached hydrogen (secondary N) is 1. The SMILES string of the molecule is O=C(Cn1cncn1)Nc1ccc(Sc2nncs2)cc1. The molecule has 2 aromatic heterocycles. The highest BCUT2D eigenvalue weighted by molar-refractivity contribution is 8.01. The zero-order valence-corrected chi connectivity index (χ0v) is 12.3. The van der Waals surface area contributed by atoms with Gasteiger partial charge < -0.3 is 5.32 Å². The van der Waals surface area contributed by atoms with E-state index < -0.39 is 0 Å². The summed E-state index contributed by atoms with van der Waals surface area (Å²) in [5.41, 5.74) is 2.43. The molecular formula is C12H10N6OS2. The molecule has 21 heavy (non-hydrogen) atoms. The Hall–Kier alpha value is -2.26. The molecule has 0 saturated carbocycles. The summed E-state index contributed by atoms with van der Waals surface area (Å²) >= 11 is 3.03. The van der Waals surface area contributed by atoms with Crippen LogP contribution < -0.4 is 5.32 Å². The van der Waals surface area contributed by atoms with Crippen LogP contribution in [0.1, 0.15) is 0 Å². The second kappa shape index (κ2) is 6.46. The maximum absolute atomic E-state index is 11.8. The monoisotopic (exact) mass is 318 g/mol. The second-order valence-electron chi connectivity index (χ2n) is 3.97. The molecule has 3 rings (SSSR count). The Balaban J connectivity index is 1.58. The maximum Gasteiger partial charge on any atom is 0.246 e. The minimum Gasteiger partial charge on any atom is -0.324 e. The van der Waals surface area contributed by atoms with E-state index in [-0.39, 0.29) is 12.5 Å². The van der Waals surface area contributed by atoms with Crippen molar-refractivity contribution in [1.29, 1.82) is 0 Å². The molecule has 0 unspecified atom stereocenters. The van der Waals surface area contributed by atoms with Gasteiger partial charge in [0, 0.05) is 10.6 Å². The first-order valence-corrected chi connectivity index (χ1v) is 7.65. The predicted octanol–water partition coefficient (Wildman–Crippen LogP) is 1.92. The molecule has 0 spiro atoms. The standard InChI is InChI=1S/C12H10N6OS2/c19-11(5-18-7-13-6-15-18)16-9-1-3-10(4-2-9)21-12-17-14-8-20-12/h1-4,6-8H,5H2,(H,16,19). The van der Waals surface area contributed by atoms with Gasteiger partial charge in [-0.1, -0.05) is 23.1 Å². The third-order valence-corrected chi connectivity index (χ3v) is 4.24. The molecule has 0 saturated heterocycles. The number of carbonyl (C=O) groups excluding carboxylic acids is 1. The van der Waals surface area contributed by atoms with Crippen molar-refractivity contribution in [3.05, 3.63) is 42.4 Å². The Morgan fingerprint density at radius 3 is 2.86 bits per heavy atom. The Labute approximate surface area is 128 Å². The number of anilines is 1. The Morgan fingerprint density at radius 1 is 1.33 bits per heavy atom. The van der Waals surface area contributed by atoms with E-state index in [4.69, 9.17) is 0 Å². The van der Waals surface area contributed by atoms with E-state index in [2.05, 4.69) is 25.6 Å². The van der Waals surface area contributed by atoms with E-state index in [1.165, 1.54) is 40.4 Å². The molecule has 0 atom stereocenters. The summed E-state index contributed by atoms with van der Waals surface area (Å²) in [4.78, 5) is 16.6. The Morgan fingerprint density at radius 2 is 2.19 bits per heavy atom. The lowest BCUT2D eigenvalue weighted by molar-refractivity contribution is -0.116. The molecule has 0 bridgehead atoms. The first-order valence-electron chi connectivity index (χ1n) is 5.96. The number of aromatic nitrogens is 5. The summed E-state index contributed by atoms with van der Waals surface area (Å²) in [7, 11) is 0. The summed E-state index contributed by atoms with van der Waals surface area (Å²) in [6.45, 7) is 0.140. The van der Waals surface area contributed by atoms with Crippen molar-refractivity contribution >= 4 is 34.7 Å². The number of carbonyl (C=O) groups is 1. The highest BCUT2D eigenvalue weighted by Gasteiger charge is 2.05. The molecule has 0 aliphatic carbocycles. The normalized spacial score (nSPS) is 10.5. The zero-order chi connectivity index (χ0) is 14.5. The van der Waals surface area contributed by atoms with Gasteiger partial charge in [-0.25, -0.2) is 9.67 Å². The second-order valence-corrected chi connectivity index (χ2v) is 6.13. The fraction of sp³-hybridized carbons (Fsp3) is 0.0833. The zero-order valence-electron chi connectivity index (χ0n) is 10.7. The minimum absolute atomic E-state index is 0.140. The molecular weight excluding hydrogens is 308 g/mol. The highest BCUT2D eigenvalue weighted by atomic mass is 32.2. The molecule has 9 heteroatoms. The van der Waals surface area contributed by atoms with E-state index in [0.717, 1.165) is 14.9 Å². The van der Waals surface area contributed by atoms with Gasteiger partial charge in [-0.05, 0) is 24.3 Å². The molecule has 1 amide bonds.